The molecule has 1 aromatic heterocycles. The van der Waals surface area contributed by atoms with Crippen LogP contribution < -0.4 is 0 Å². The van der Waals surface area contributed by atoms with Crippen molar-refractivity contribution in [1.29, 1.82) is 0 Å². The predicted octanol–water partition coefficient (Wildman–Crippen LogP) is 3.49. The molecule has 0 atom stereocenters. The molecule has 1 aliphatic carbocycles. The predicted molar refractivity (Wildman–Crippen MR) is 71.6 cm³/mol. The third-order valence-corrected chi connectivity index (χ3v) is 4.16. The van der Waals surface area contributed by atoms with Crippen molar-refractivity contribution in [2.24, 2.45) is 11.8 Å². The first-order chi connectivity index (χ1) is 8.61. The minimum absolute atomic E-state index is 0.204. The summed E-state index contributed by atoms with van der Waals surface area (Å²) < 4.78 is 0. The average molecular weight is 246 g/mol. The van der Waals surface area contributed by atoms with Crippen molar-refractivity contribution in [3.05, 3.63) is 23.0 Å². The summed E-state index contributed by atoms with van der Waals surface area (Å²) in [4.78, 5) is 12.5. The van der Waals surface area contributed by atoms with E-state index in [4.69, 9.17) is 0 Å². The molecular formula is C15H22N2O. The van der Waals surface area contributed by atoms with Crippen molar-refractivity contribution in [2.45, 2.75) is 52.9 Å². The van der Waals surface area contributed by atoms with Crippen LogP contribution in [-0.4, -0.2) is 16.0 Å². The summed E-state index contributed by atoms with van der Waals surface area (Å²) in [6.45, 7) is 6.00. The van der Waals surface area contributed by atoms with Crippen LogP contribution in [0.1, 0.15) is 60.8 Å². The highest BCUT2D eigenvalue weighted by Gasteiger charge is 2.27. The zero-order valence-corrected chi connectivity index (χ0v) is 11.6. The molecular weight excluding hydrogens is 224 g/mol. The monoisotopic (exact) mass is 246 g/mol. The number of aryl methyl sites for hydroxylation is 2. The zero-order valence-electron chi connectivity index (χ0n) is 11.6. The Hall–Kier alpha value is -1.25. The summed E-state index contributed by atoms with van der Waals surface area (Å²) in [6, 6.07) is 1.89. The van der Waals surface area contributed by atoms with Gasteiger partial charge in [0.05, 0.1) is 11.4 Å². The molecule has 18 heavy (non-hydrogen) atoms. The fraction of sp³-hybridized carbons (Fsp3) is 0.667. The second-order valence-corrected chi connectivity index (χ2v) is 5.47. The molecule has 2 rings (SSSR count). The topological polar surface area (TPSA) is 42.9 Å². The van der Waals surface area contributed by atoms with Gasteiger partial charge in [-0.05, 0) is 51.5 Å². The van der Waals surface area contributed by atoms with Crippen molar-refractivity contribution in [3.63, 3.8) is 0 Å². The van der Waals surface area contributed by atoms with Crippen LogP contribution >= 0.6 is 0 Å². The maximum absolute atomic E-state index is 12.5. The number of ketones is 1. The van der Waals surface area contributed by atoms with E-state index in [1.807, 2.05) is 19.9 Å². The minimum atomic E-state index is 0.204. The van der Waals surface area contributed by atoms with Gasteiger partial charge in [0, 0.05) is 11.5 Å². The normalized spacial score (nSPS) is 23.9. The van der Waals surface area contributed by atoms with Crippen molar-refractivity contribution in [1.82, 2.24) is 10.2 Å². The number of hydrogen-bond donors (Lipinski definition) is 0. The Bertz CT molecular complexity index is 434. The highest BCUT2D eigenvalue weighted by molar-refractivity contribution is 5.98. The maximum Gasteiger partial charge on any atom is 0.167 e. The van der Waals surface area contributed by atoms with Gasteiger partial charge in [-0.2, -0.15) is 10.2 Å². The first-order valence-corrected chi connectivity index (χ1v) is 6.97. The van der Waals surface area contributed by atoms with Crippen molar-refractivity contribution in [3.8, 4) is 0 Å². The number of carbonyl (C=O) groups is 1. The van der Waals surface area contributed by atoms with E-state index in [1.165, 1.54) is 19.3 Å². The van der Waals surface area contributed by atoms with Crippen LogP contribution in [0.25, 0.3) is 0 Å². The highest BCUT2D eigenvalue weighted by atomic mass is 16.1. The van der Waals surface area contributed by atoms with E-state index in [1.54, 1.807) is 0 Å². The van der Waals surface area contributed by atoms with Gasteiger partial charge in [0.2, 0.25) is 0 Å². The Balaban J connectivity index is 2.10. The summed E-state index contributed by atoms with van der Waals surface area (Å²) in [5, 5.41) is 8.04. The van der Waals surface area contributed by atoms with Crippen molar-refractivity contribution < 1.29 is 4.79 Å². The SMILES string of the molecule is CCC1CCC(C(=O)c2cc(C)nnc2C)CC1. The molecule has 0 N–H and O–H groups in total. The molecule has 98 valence electrons. The van der Waals surface area contributed by atoms with Gasteiger partial charge in [0.15, 0.2) is 5.78 Å². The lowest BCUT2D eigenvalue weighted by Gasteiger charge is -2.27. The van der Waals surface area contributed by atoms with Crippen LogP contribution in [0.4, 0.5) is 0 Å². The summed E-state index contributed by atoms with van der Waals surface area (Å²) in [5.41, 5.74) is 2.37. The number of carbonyl (C=O) groups excluding carboxylic acids is 1. The van der Waals surface area contributed by atoms with Crippen LogP contribution in [0.5, 0.6) is 0 Å². The average Bonchev–Trinajstić information content (AvgIpc) is 2.41. The van der Waals surface area contributed by atoms with E-state index in [0.29, 0.717) is 0 Å². The van der Waals surface area contributed by atoms with Gasteiger partial charge in [-0.3, -0.25) is 4.79 Å². The van der Waals surface area contributed by atoms with Crippen LogP contribution in [-0.2, 0) is 0 Å². The Labute approximate surface area is 109 Å². The fourth-order valence-electron chi connectivity index (χ4n) is 2.85. The fourth-order valence-corrected chi connectivity index (χ4v) is 2.85. The molecule has 0 radical (unpaired) electrons. The van der Waals surface area contributed by atoms with E-state index in [-0.39, 0.29) is 11.7 Å². The lowest BCUT2D eigenvalue weighted by molar-refractivity contribution is 0.0869. The van der Waals surface area contributed by atoms with E-state index >= 15 is 0 Å². The largest absolute Gasteiger partial charge is 0.294 e. The van der Waals surface area contributed by atoms with Crippen LogP contribution in [0, 0.1) is 25.7 Å². The lowest BCUT2D eigenvalue weighted by Crippen LogP contribution is -2.23. The maximum atomic E-state index is 12.5. The van der Waals surface area contributed by atoms with Gasteiger partial charge in [0.1, 0.15) is 0 Å². The number of Topliss-reactive ketones (excluding diaryl/α,β-unsaturated/α-hetero) is 1. The summed E-state index contributed by atoms with van der Waals surface area (Å²) in [5.74, 6) is 1.31. The highest BCUT2D eigenvalue weighted by Crippen LogP contribution is 2.32. The smallest absolute Gasteiger partial charge is 0.167 e. The molecule has 1 aliphatic rings. The van der Waals surface area contributed by atoms with Gasteiger partial charge >= 0.3 is 0 Å². The molecule has 0 unspecified atom stereocenters. The van der Waals surface area contributed by atoms with Crippen LogP contribution in [0.15, 0.2) is 6.07 Å². The molecule has 1 heterocycles. The summed E-state index contributed by atoms with van der Waals surface area (Å²) in [7, 11) is 0. The standard InChI is InChI=1S/C15H22N2O/c1-4-12-5-7-13(8-6-12)15(18)14-9-10(2)16-17-11(14)3/h9,12-13H,4-8H2,1-3H3. The van der Waals surface area contributed by atoms with Gasteiger partial charge < -0.3 is 0 Å². The summed E-state index contributed by atoms with van der Waals surface area (Å²) >= 11 is 0. The second-order valence-electron chi connectivity index (χ2n) is 5.47. The molecule has 1 saturated carbocycles. The molecule has 0 spiro atoms. The zero-order chi connectivity index (χ0) is 13.1. The Kier molecular flexibility index (Phi) is 4.10. The molecule has 3 heteroatoms. The Morgan fingerprint density at radius 3 is 2.50 bits per heavy atom. The van der Waals surface area contributed by atoms with Gasteiger partial charge in [-0.1, -0.05) is 13.3 Å². The third-order valence-electron chi connectivity index (χ3n) is 4.16. The molecule has 1 fully saturated rings. The molecule has 0 amide bonds. The molecule has 1 aromatic rings. The van der Waals surface area contributed by atoms with Crippen LogP contribution in [0.3, 0.4) is 0 Å². The molecule has 3 nitrogen and oxygen atoms in total. The van der Waals surface area contributed by atoms with Crippen LogP contribution in [0.2, 0.25) is 0 Å². The first kappa shape index (κ1) is 13.2. The van der Waals surface area contributed by atoms with E-state index < -0.39 is 0 Å². The number of hydrogen-bond acceptors (Lipinski definition) is 3. The van der Waals surface area contributed by atoms with Gasteiger partial charge in [0.25, 0.3) is 0 Å². The Morgan fingerprint density at radius 2 is 1.89 bits per heavy atom. The molecule has 0 aliphatic heterocycles. The first-order valence-electron chi connectivity index (χ1n) is 6.97. The molecule has 0 aromatic carbocycles. The van der Waals surface area contributed by atoms with E-state index in [0.717, 1.165) is 35.7 Å². The van der Waals surface area contributed by atoms with Gasteiger partial charge in [-0.25, -0.2) is 0 Å². The molecule has 0 bridgehead atoms. The number of nitrogens with zero attached hydrogens (tertiary/aromatic N) is 2. The summed E-state index contributed by atoms with van der Waals surface area (Å²) in [6.07, 6.45) is 5.72. The molecule has 0 saturated heterocycles. The van der Waals surface area contributed by atoms with E-state index in [2.05, 4.69) is 17.1 Å². The number of rotatable bonds is 3. The number of aromatic nitrogens is 2. The third kappa shape index (κ3) is 2.77. The van der Waals surface area contributed by atoms with E-state index in [9.17, 15) is 4.79 Å². The Morgan fingerprint density at radius 1 is 1.22 bits per heavy atom. The van der Waals surface area contributed by atoms with Gasteiger partial charge in [-0.15, -0.1) is 0 Å². The van der Waals surface area contributed by atoms with Crippen molar-refractivity contribution in [2.75, 3.05) is 0 Å². The van der Waals surface area contributed by atoms with Crippen molar-refractivity contribution >= 4 is 5.78 Å². The second kappa shape index (κ2) is 5.59. The lowest BCUT2D eigenvalue weighted by atomic mass is 9.77. The minimum Gasteiger partial charge on any atom is -0.294 e. The quantitative estimate of drug-likeness (QED) is 0.767.